The third kappa shape index (κ3) is 1.16. The Kier molecular flexibility index (Phi) is 2.08. The van der Waals surface area contributed by atoms with E-state index in [1.54, 1.807) is 11.1 Å². The zero-order valence-corrected chi connectivity index (χ0v) is 11.9. The summed E-state index contributed by atoms with van der Waals surface area (Å²) in [5.41, 5.74) is 6.38. The summed E-state index contributed by atoms with van der Waals surface area (Å²) in [7, 11) is 0. The van der Waals surface area contributed by atoms with Crippen LogP contribution in [0.25, 0.3) is 11.1 Å². The molecule has 2 aromatic rings. The topological polar surface area (TPSA) is 0 Å². The van der Waals surface area contributed by atoms with E-state index in [2.05, 4.69) is 69.3 Å². The average Bonchev–Trinajstić information content (AvgIpc) is 2.94. The van der Waals surface area contributed by atoms with Crippen LogP contribution in [0.1, 0.15) is 31.9 Å². The molecule has 0 radical (unpaired) electrons. The molecule has 0 nitrogen and oxygen atoms in total. The summed E-state index contributed by atoms with van der Waals surface area (Å²) in [6, 6.07) is 18.1. The second-order valence-electron chi connectivity index (χ2n) is 6.52. The number of hydrogen-bond acceptors (Lipinski definition) is 0. The quantitative estimate of drug-likeness (QED) is 0.675. The normalized spacial score (nSPS) is 25.5. The minimum Gasteiger partial charge on any atom is -0.0625 e. The number of fused-ring (bicyclic) bond motifs is 5. The van der Waals surface area contributed by atoms with Crippen molar-refractivity contribution >= 4 is 0 Å². The summed E-state index contributed by atoms with van der Waals surface area (Å²) in [6.07, 6.45) is 0. The van der Waals surface area contributed by atoms with E-state index in [0.29, 0.717) is 5.41 Å². The van der Waals surface area contributed by atoms with E-state index >= 15 is 0 Å². The van der Waals surface area contributed by atoms with E-state index in [1.165, 1.54) is 11.1 Å². The van der Waals surface area contributed by atoms with Gasteiger partial charge in [-0.15, -0.1) is 0 Å². The van der Waals surface area contributed by atoms with Crippen LogP contribution in [0.3, 0.4) is 0 Å². The minimum absolute atomic E-state index is 0.307. The third-order valence-corrected chi connectivity index (χ3v) is 5.43. The lowest BCUT2D eigenvalue weighted by molar-refractivity contribution is 0.506. The molecule has 96 valence electrons. The molecular formula is C19H20. The van der Waals surface area contributed by atoms with Crippen LogP contribution in [0.4, 0.5) is 0 Å². The molecule has 1 saturated carbocycles. The number of rotatable bonds is 1. The average molecular weight is 248 g/mol. The third-order valence-electron chi connectivity index (χ3n) is 5.43. The summed E-state index contributed by atoms with van der Waals surface area (Å²) >= 11 is 0. The van der Waals surface area contributed by atoms with Crippen molar-refractivity contribution in [2.45, 2.75) is 26.2 Å². The number of benzene rings is 2. The summed E-state index contributed by atoms with van der Waals surface area (Å²) in [5.74, 6) is 2.30. The smallest absolute Gasteiger partial charge is 0.0277 e. The Hall–Kier alpha value is -1.56. The Morgan fingerprint density at radius 2 is 1.32 bits per heavy atom. The van der Waals surface area contributed by atoms with Gasteiger partial charge in [0, 0.05) is 5.41 Å². The van der Waals surface area contributed by atoms with Crippen LogP contribution in [0.5, 0.6) is 0 Å². The molecule has 0 heteroatoms. The van der Waals surface area contributed by atoms with Crippen LogP contribution in [0.15, 0.2) is 48.5 Å². The van der Waals surface area contributed by atoms with Gasteiger partial charge in [0.25, 0.3) is 0 Å². The first-order valence-electron chi connectivity index (χ1n) is 7.38. The second kappa shape index (κ2) is 3.50. The maximum absolute atomic E-state index is 2.43. The summed E-state index contributed by atoms with van der Waals surface area (Å²) in [4.78, 5) is 0. The Bertz CT molecular complexity index is 605. The van der Waals surface area contributed by atoms with E-state index in [0.717, 1.165) is 17.8 Å². The van der Waals surface area contributed by atoms with Crippen molar-refractivity contribution < 1.29 is 0 Å². The van der Waals surface area contributed by atoms with Gasteiger partial charge in [0.2, 0.25) is 0 Å². The van der Waals surface area contributed by atoms with Gasteiger partial charge in [-0.05, 0) is 40.0 Å². The maximum Gasteiger partial charge on any atom is 0.0277 e. The van der Waals surface area contributed by atoms with Gasteiger partial charge in [-0.2, -0.15) is 0 Å². The first-order valence-corrected chi connectivity index (χ1v) is 7.38. The summed E-state index contributed by atoms with van der Waals surface area (Å²) in [6.45, 7) is 7.18. The van der Waals surface area contributed by atoms with Crippen molar-refractivity contribution in [3.05, 3.63) is 59.7 Å². The van der Waals surface area contributed by atoms with Gasteiger partial charge in [-0.3, -0.25) is 0 Å². The molecule has 0 heterocycles. The molecule has 1 fully saturated rings. The van der Waals surface area contributed by atoms with Gasteiger partial charge >= 0.3 is 0 Å². The van der Waals surface area contributed by atoms with Crippen molar-refractivity contribution in [2.75, 3.05) is 0 Å². The molecule has 2 aliphatic carbocycles. The molecule has 4 rings (SSSR count). The van der Waals surface area contributed by atoms with Crippen LogP contribution in [0, 0.1) is 17.8 Å². The van der Waals surface area contributed by atoms with Crippen LogP contribution >= 0.6 is 0 Å². The fourth-order valence-corrected chi connectivity index (χ4v) is 4.85. The second-order valence-corrected chi connectivity index (χ2v) is 6.52. The van der Waals surface area contributed by atoms with E-state index < -0.39 is 0 Å². The molecular weight excluding hydrogens is 228 g/mol. The molecule has 0 aromatic heterocycles. The van der Waals surface area contributed by atoms with E-state index in [4.69, 9.17) is 0 Å². The van der Waals surface area contributed by atoms with Crippen molar-refractivity contribution in [3.63, 3.8) is 0 Å². The molecule has 2 aromatic carbocycles. The molecule has 2 aliphatic rings. The largest absolute Gasteiger partial charge is 0.0625 e. The van der Waals surface area contributed by atoms with Crippen molar-refractivity contribution in [1.82, 2.24) is 0 Å². The van der Waals surface area contributed by atoms with Crippen LogP contribution in [-0.2, 0) is 5.41 Å². The molecule has 0 amide bonds. The van der Waals surface area contributed by atoms with E-state index in [1.807, 2.05) is 0 Å². The first-order chi connectivity index (χ1) is 9.19. The van der Waals surface area contributed by atoms with Gasteiger partial charge in [0.15, 0.2) is 0 Å². The van der Waals surface area contributed by atoms with Crippen molar-refractivity contribution in [2.24, 2.45) is 17.8 Å². The highest BCUT2D eigenvalue weighted by atomic mass is 14.7. The Labute approximate surface area is 115 Å². The summed E-state index contributed by atoms with van der Waals surface area (Å²) in [5, 5.41) is 0. The Morgan fingerprint density at radius 3 is 1.74 bits per heavy atom. The highest BCUT2D eigenvalue weighted by molar-refractivity contribution is 5.83. The maximum atomic E-state index is 2.43. The van der Waals surface area contributed by atoms with Gasteiger partial charge < -0.3 is 0 Å². The Morgan fingerprint density at radius 1 is 0.842 bits per heavy atom. The van der Waals surface area contributed by atoms with Crippen molar-refractivity contribution in [1.29, 1.82) is 0 Å². The molecule has 19 heavy (non-hydrogen) atoms. The zero-order chi connectivity index (χ0) is 13.2. The standard InChI is InChI=1S/C19H20/c1-12(2)18-13(3)19(18)16-10-6-4-8-14(16)15-9-5-7-11-17(15)19/h4-13,18H,1-3H3/t13-,18+/m0/s1. The molecule has 0 unspecified atom stereocenters. The van der Waals surface area contributed by atoms with Gasteiger partial charge in [0.05, 0.1) is 0 Å². The highest BCUT2D eigenvalue weighted by Crippen LogP contribution is 2.71. The number of hydrogen-bond donors (Lipinski definition) is 0. The predicted octanol–water partition coefficient (Wildman–Crippen LogP) is 4.88. The van der Waals surface area contributed by atoms with Crippen LogP contribution in [0.2, 0.25) is 0 Å². The van der Waals surface area contributed by atoms with Crippen molar-refractivity contribution in [3.8, 4) is 11.1 Å². The molecule has 2 atom stereocenters. The fourth-order valence-electron chi connectivity index (χ4n) is 4.85. The molecule has 0 aliphatic heterocycles. The lowest BCUT2D eigenvalue weighted by Crippen LogP contribution is -2.12. The zero-order valence-electron chi connectivity index (χ0n) is 11.9. The lowest BCUT2D eigenvalue weighted by atomic mass is 9.87. The van der Waals surface area contributed by atoms with E-state index in [9.17, 15) is 0 Å². The predicted molar refractivity (Wildman–Crippen MR) is 80.2 cm³/mol. The van der Waals surface area contributed by atoms with Gasteiger partial charge in [0.1, 0.15) is 0 Å². The Balaban J connectivity index is 2.04. The first kappa shape index (κ1) is 11.3. The lowest BCUT2D eigenvalue weighted by Gasteiger charge is -2.16. The molecule has 0 N–H and O–H groups in total. The molecule has 1 spiro atoms. The van der Waals surface area contributed by atoms with E-state index in [-0.39, 0.29) is 0 Å². The minimum atomic E-state index is 0.307. The summed E-state index contributed by atoms with van der Waals surface area (Å²) < 4.78 is 0. The van der Waals surface area contributed by atoms with Crippen LogP contribution in [-0.4, -0.2) is 0 Å². The molecule has 0 bridgehead atoms. The SMILES string of the molecule is CC(C)[C@@H]1[C@H](C)C12c1ccccc1-c1ccccc12. The highest BCUT2D eigenvalue weighted by Gasteiger charge is 2.67. The monoisotopic (exact) mass is 248 g/mol. The van der Waals surface area contributed by atoms with Crippen LogP contribution < -0.4 is 0 Å². The molecule has 0 saturated heterocycles. The fraction of sp³-hybridized carbons (Fsp3) is 0.368. The van der Waals surface area contributed by atoms with Gasteiger partial charge in [-0.1, -0.05) is 69.3 Å². The van der Waals surface area contributed by atoms with Gasteiger partial charge in [-0.25, -0.2) is 0 Å².